The maximum absolute atomic E-state index is 12.9. The largest absolute Gasteiger partial charge is 0.478 e. The predicted octanol–water partition coefficient (Wildman–Crippen LogP) is 5.68. The first-order valence-corrected chi connectivity index (χ1v) is 11.0. The summed E-state index contributed by atoms with van der Waals surface area (Å²) < 4.78 is 1.98. The van der Waals surface area contributed by atoms with E-state index < -0.39 is 5.97 Å². The van der Waals surface area contributed by atoms with Gasteiger partial charge in [0.1, 0.15) is 0 Å². The molecule has 1 aromatic heterocycles. The molecule has 1 fully saturated rings. The molecule has 8 heteroatoms. The Labute approximate surface area is 194 Å². The second-order valence-corrected chi connectivity index (χ2v) is 8.77. The van der Waals surface area contributed by atoms with Crippen molar-refractivity contribution in [3.63, 3.8) is 0 Å². The summed E-state index contributed by atoms with van der Waals surface area (Å²) in [6.07, 6.45) is 1.72. The van der Waals surface area contributed by atoms with Gasteiger partial charge in [0.2, 0.25) is 0 Å². The molecule has 0 bridgehead atoms. The van der Waals surface area contributed by atoms with E-state index in [1.807, 2.05) is 30.5 Å². The molecular formula is C24H19ClN2O4S. The Kier molecular flexibility index (Phi) is 5.95. The number of carboxylic acid groups (broad SMARTS) is 1. The van der Waals surface area contributed by atoms with Crippen LogP contribution in [0, 0.1) is 13.8 Å². The number of aryl methyl sites for hydroxylation is 1. The van der Waals surface area contributed by atoms with E-state index in [1.165, 1.54) is 4.90 Å². The summed E-state index contributed by atoms with van der Waals surface area (Å²) in [5.41, 5.74) is 4.35. The van der Waals surface area contributed by atoms with Gasteiger partial charge in [-0.1, -0.05) is 29.8 Å². The molecule has 2 amide bonds. The van der Waals surface area contributed by atoms with E-state index in [2.05, 4.69) is 0 Å². The maximum Gasteiger partial charge on any atom is 0.335 e. The van der Waals surface area contributed by atoms with E-state index in [4.69, 9.17) is 16.7 Å². The topological polar surface area (TPSA) is 79.6 Å². The van der Waals surface area contributed by atoms with Gasteiger partial charge in [-0.3, -0.25) is 14.5 Å². The lowest BCUT2D eigenvalue weighted by Gasteiger charge is -2.13. The van der Waals surface area contributed by atoms with Gasteiger partial charge in [0, 0.05) is 22.1 Å². The monoisotopic (exact) mass is 466 g/mol. The van der Waals surface area contributed by atoms with Crippen molar-refractivity contribution in [3.8, 4) is 5.69 Å². The Hall–Kier alpha value is -3.29. The van der Waals surface area contributed by atoms with Crippen molar-refractivity contribution in [3.05, 3.63) is 92.6 Å². The van der Waals surface area contributed by atoms with Gasteiger partial charge in [-0.05, 0) is 79.2 Å². The van der Waals surface area contributed by atoms with Crippen LogP contribution in [0.15, 0.2) is 59.5 Å². The highest BCUT2D eigenvalue weighted by Crippen LogP contribution is 2.35. The number of nitrogens with zero attached hydrogens (tertiary/aromatic N) is 2. The molecule has 0 saturated carbocycles. The molecule has 1 aliphatic heterocycles. The zero-order chi connectivity index (χ0) is 23.0. The molecule has 1 saturated heterocycles. The Bertz CT molecular complexity index is 1280. The Morgan fingerprint density at radius 3 is 2.44 bits per heavy atom. The van der Waals surface area contributed by atoms with Crippen LogP contribution in [-0.4, -0.2) is 31.7 Å². The highest BCUT2D eigenvalue weighted by Gasteiger charge is 2.35. The summed E-state index contributed by atoms with van der Waals surface area (Å²) in [6, 6.07) is 15.6. The minimum atomic E-state index is -0.981. The SMILES string of the molecule is Cc1cc(/C=C2\SC(=O)N(Cc3ccccc3Cl)C2=O)c(C)n1-c1ccc(C(=O)O)cc1. The average molecular weight is 467 g/mol. The van der Waals surface area contributed by atoms with Crippen molar-refractivity contribution >= 4 is 46.6 Å². The van der Waals surface area contributed by atoms with Crippen molar-refractivity contribution in [1.29, 1.82) is 0 Å². The van der Waals surface area contributed by atoms with Crippen LogP contribution in [0.4, 0.5) is 4.79 Å². The predicted molar refractivity (Wildman–Crippen MR) is 125 cm³/mol. The second kappa shape index (κ2) is 8.68. The van der Waals surface area contributed by atoms with Gasteiger partial charge in [-0.2, -0.15) is 0 Å². The van der Waals surface area contributed by atoms with Gasteiger partial charge in [-0.25, -0.2) is 4.79 Å². The number of carbonyl (C=O) groups excluding carboxylic acids is 2. The fraction of sp³-hybridized carbons (Fsp3) is 0.125. The molecule has 1 N–H and O–H groups in total. The lowest BCUT2D eigenvalue weighted by atomic mass is 10.2. The molecule has 0 aliphatic carbocycles. The summed E-state index contributed by atoms with van der Waals surface area (Å²) in [5, 5.41) is 9.28. The number of hydrogen-bond donors (Lipinski definition) is 1. The van der Waals surface area contributed by atoms with Gasteiger partial charge in [0.15, 0.2) is 0 Å². The molecule has 0 unspecified atom stereocenters. The number of benzene rings is 2. The first kappa shape index (κ1) is 21.9. The van der Waals surface area contributed by atoms with Crippen LogP contribution in [0.1, 0.15) is 32.9 Å². The van der Waals surface area contributed by atoms with Crippen LogP contribution in [0.2, 0.25) is 5.02 Å². The first-order valence-electron chi connectivity index (χ1n) is 9.77. The van der Waals surface area contributed by atoms with E-state index in [1.54, 1.807) is 48.5 Å². The van der Waals surface area contributed by atoms with Crippen molar-refractivity contribution in [2.24, 2.45) is 0 Å². The third kappa shape index (κ3) is 4.09. The van der Waals surface area contributed by atoms with Crippen molar-refractivity contribution < 1.29 is 19.5 Å². The summed E-state index contributed by atoms with van der Waals surface area (Å²) >= 11 is 7.09. The molecule has 2 heterocycles. The van der Waals surface area contributed by atoms with Gasteiger partial charge < -0.3 is 9.67 Å². The smallest absolute Gasteiger partial charge is 0.335 e. The van der Waals surface area contributed by atoms with Crippen LogP contribution in [0.5, 0.6) is 0 Å². The molecule has 3 aromatic rings. The molecule has 0 atom stereocenters. The zero-order valence-electron chi connectivity index (χ0n) is 17.3. The summed E-state index contributed by atoms with van der Waals surface area (Å²) in [5.74, 6) is -1.33. The quantitative estimate of drug-likeness (QED) is 0.489. The minimum absolute atomic E-state index is 0.122. The lowest BCUT2D eigenvalue weighted by Crippen LogP contribution is -2.27. The molecule has 0 radical (unpaired) electrons. The number of rotatable bonds is 5. The number of halogens is 1. The molecule has 6 nitrogen and oxygen atoms in total. The number of amides is 2. The number of carbonyl (C=O) groups is 3. The van der Waals surface area contributed by atoms with Gasteiger partial charge in [0.25, 0.3) is 11.1 Å². The molecule has 0 spiro atoms. The van der Waals surface area contributed by atoms with Crippen LogP contribution in [0.25, 0.3) is 11.8 Å². The number of aromatic carboxylic acids is 1. The average Bonchev–Trinajstić information content (AvgIpc) is 3.19. The summed E-state index contributed by atoms with van der Waals surface area (Å²) in [4.78, 5) is 38.1. The minimum Gasteiger partial charge on any atom is -0.478 e. The molecule has 162 valence electrons. The van der Waals surface area contributed by atoms with Crippen molar-refractivity contribution in [2.75, 3.05) is 0 Å². The molecular weight excluding hydrogens is 448 g/mol. The van der Waals surface area contributed by atoms with E-state index in [9.17, 15) is 14.4 Å². The van der Waals surface area contributed by atoms with E-state index in [-0.39, 0.29) is 23.3 Å². The molecule has 2 aromatic carbocycles. The van der Waals surface area contributed by atoms with Crippen LogP contribution < -0.4 is 0 Å². The maximum atomic E-state index is 12.9. The third-order valence-corrected chi connectivity index (χ3v) is 6.57. The van der Waals surface area contributed by atoms with E-state index in [0.29, 0.717) is 15.5 Å². The number of imide groups is 1. The van der Waals surface area contributed by atoms with Crippen LogP contribution >= 0.6 is 23.4 Å². The number of aromatic nitrogens is 1. The Morgan fingerprint density at radius 2 is 1.78 bits per heavy atom. The van der Waals surface area contributed by atoms with Crippen molar-refractivity contribution in [2.45, 2.75) is 20.4 Å². The Balaban J connectivity index is 1.62. The number of thioether (sulfide) groups is 1. The fourth-order valence-corrected chi connectivity index (χ4v) is 4.68. The highest BCUT2D eigenvalue weighted by molar-refractivity contribution is 8.18. The first-order chi connectivity index (χ1) is 15.3. The zero-order valence-corrected chi connectivity index (χ0v) is 18.9. The van der Waals surface area contributed by atoms with Gasteiger partial charge in [-0.15, -0.1) is 0 Å². The molecule has 32 heavy (non-hydrogen) atoms. The summed E-state index contributed by atoms with van der Waals surface area (Å²) in [7, 11) is 0. The summed E-state index contributed by atoms with van der Waals surface area (Å²) in [6.45, 7) is 3.97. The second-order valence-electron chi connectivity index (χ2n) is 7.37. The van der Waals surface area contributed by atoms with Gasteiger partial charge >= 0.3 is 5.97 Å². The number of carboxylic acids is 1. The van der Waals surface area contributed by atoms with Crippen molar-refractivity contribution in [1.82, 2.24) is 9.47 Å². The number of hydrogen-bond acceptors (Lipinski definition) is 4. The fourth-order valence-electron chi connectivity index (χ4n) is 3.66. The van der Waals surface area contributed by atoms with E-state index >= 15 is 0 Å². The van der Waals surface area contributed by atoms with Gasteiger partial charge in [0.05, 0.1) is 17.0 Å². The highest BCUT2D eigenvalue weighted by atomic mass is 35.5. The Morgan fingerprint density at radius 1 is 1.09 bits per heavy atom. The van der Waals surface area contributed by atoms with Crippen LogP contribution in [-0.2, 0) is 11.3 Å². The normalized spacial score (nSPS) is 15.1. The molecule has 1 aliphatic rings. The lowest BCUT2D eigenvalue weighted by molar-refractivity contribution is -0.123. The van der Waals surface area contributed by atoms with E-state index in [0.717, 1.165) is 34.4 Å². The third-order valence-electron chi connectivity index (χ3n) is 5.29. The van der Waals surface area contributed by atoms with Crippen LogP contribution in [0.3, 0.4) is 0 Å². The standard InChI is InChI=1S/C24H19ClN2O4S/c1-14-11-18(15(2)27(14)19-9-7-16(8-10-19)23(29)30)12-21-22(28)26(24(31)32-21)13-17-5-3-4-6-20(17)25/h3-12H,13H2,1-2H3,(H,29,30)/b21-12-. The molecule has 4 rings (SSSR count).